The number of aromatic amines is 1. The Hall–Kier alpha value is -4.24. The molecular formula is C25H21N3O3. The topological polar surface area (TPSA) is 80.2 Å². The molecule has 0 aliphatic heterocycles. The molecule has 0 unspecified atom stereocenters. The lowest BCUT2D eigenvalue weighted by atomic mass is 10.1. The number of H-pyrrole nitrogens is 1. The number of hydrogen-bond donors (Lipinski definition) is 1. The van der Waals surface area contributed by atoms with Crippen LogP contribution in [0.4, 0.5) is 0 Å². The van der Waals surface area contributed by atoms with Gasteiger partial charge in [-0.2, -0.15) is 5.26 Å². The number of hydrogen-bond acceptors (Lipinski definition) is 5. The number of allylic oxidation sites excluding steroid dienone is 1. The van der Waals surface area contributed by atoms with E-state index in [2.05, 4.69) is 16.0 Å². The number of imidazole rings is 1. The summed E-state index contributed by atoms with van der Waals surface area (Å²) in [6.45, 7) is 0.345. The van der Waals surface area contributed by atoms with E-state index in [1.54, 1.807) is 20.3 Å². The van der Waals surface area contributed by atoms with E-state index in [1.165, 1.54) is 0 Å². The molecule has 0 fully saturated rings. The van der Waals surface area contributed by atoms with Crippen LogP contribution in [0.3, 0.4) is 0 Å². The molecule has 6 nitrogen and oxygen atoms in total. The van der Waals surface area contributed by atoms with Gasteiger partial charge in [0.25, 0.3) is 0 Å². The van der Waals surface area contributed by atoms with Crippen LogP contribution in [0.5, 0.6) is 17.2 Å². The molecule has 1 heterocycles. The smallest absolute Gasteiger partial charge is 0.149 e. The minimum absolute atomic E-state index is 0.345. The summed E-state index contributed by atoms with van der Waals surface area (Å²) in [5.74, 6) is 2.75. The quantitative estimate of drug-likeness (QED) is 0.422. The van der Waals surface area contributed by atoms with Crippen LogP contribution in [0.25, 0.3) is 22.7 Å². The van der Waals surface area contributed by atoms with Crippen LogP contribution in [0, 0.1) is 11.3 Å². The summed E-state index contributed by atoms with van der Waals surface area (Å²) < 4.78 is 16.6. The molecule has 0 bridgehead atoms. The SMILES string of the molecule is COc1ccc(OC)c(COc2ccc(C=C(C#N)c3nc4ccccc4[nH]3)cc2)c1. The first kappa shape index (κ1) is 20.0. The van der Waals surface area contributed by atoms with E-state index >= 15 is 0 Å². The molecule has 3 aromatic carbocycles. The lowest BCUT2D eigenvalue weighted by molar-refractivity contribution is 0.295. The number of fused-ring (bicyclic) bond motifs is 1. The Balaban J connectivity index is 1.49. The van der Waals surface area contributed by atoms with Crippen molar-refractivity contribution in [2.75, 3.05) is 14.2 Å². The monoisotopic (exact) mass is 411 g/mol. The van der Waals surface area contributed by atoms with Crippen molar-refractivity contribution in [1.29, 1.82) is 5.26 Å². The van der Waals surface area contributed by atoms with Gasteiger partial charge in [0.05, 0.1) is 30.8 Å². The minimum atomic E-state index is 0.345. The Morgan fingerprint density at radius 3 is 2.48 bits per heavy atom. The van der Waals surface area contributed by atoms with Gasteiger partial charge in [-0.3, -0.25) is 0 Å². The third-order valence-electron chi connectivity index (χ3n) is 4.84. The Bertz CT molecular complexity index is 1230. The predicted octanol–water partition coefficient (Wildman–Crippen LogP) is 5.22. The van der Waals surface area contributed by atoms with Crippen molar-refractivity contribution in [3.8, 4) is 23.3 Å². The normalized spacial score (nSPS) is 11.2. The Morgan fingerprint density at radius 2 is 1.77 bits per heavy atom. The van der Waals surface area contributed by atoms with Gasteiger partial charge in [-0.25, -0.2) is 4.98 Å². The molecule has 0 saturated heterocycles. The number of rotatable bonds is 7. The van der Waals surface area contributed by atoms with E-state index in [9.17, 15) is 5.26 Å². The fraction of sp³-hybridized carbons (Fsp3) is 0.120. The van der Waals surface area contributed by atoms with E-state index in [-0.39, 0.29) is 0 Å². The molecule has 154 valence electrons. The van der Waals surface area contributed by atoms with E-state index < -0.39 is 0 Å². The summed E-state index contributed by atoms with van der Waals surface area (Å²) >= 11 is 0. The first-order valence-corrected chi connectivity index (χ1v) is 9.71. The standard InChI is InChI=1S/C25H21N3O3/c1-29-21-11-12-24(30-2)19(14-21)16-31-20-9-7-17(8-10-20)13-18(15-26)25-27-22-5-3-4-6-23(22)28-25/h3-14H,16H2,1-2H3,(H,27,28). The highest BCUT2D eigenvalue weighted by molar-refractivity contribution is 5.90. The Morgan fingerprint density at radius 1 is 1.00 bits per heavy atom. The van der Waals surface area contributed by atoms with Crippen molar-refractivity contribution in [2.24, 2.45) is 0 Å². The third kappa shape index (κ3) is 4.51. The van der Waals surface area contributed by atoms with Gasteiger partial charge in [0.2, 0.25) is 0 Å². The van der Waals surface area contributed by atoms with E-state index in [1.807, 2.05) is 66.7 Å². The van der Waals surface area contributed by atoms with Crippen LogP contribution >= 0.6 is 0 Å². The second-order valence-corrected chi connectivity index (χ2v) is 6.81. The number of methoxy groups -OCH3 is 2. The number of benzene rings is 3. The molecule has 0 atom stereocenters. The molecule has 31 heavy (non-hydrogen) atoms. The summed E-state index contributed by atoms with van der Waals surface area (Å²) in [6, 6.07) is 23.0. The highest BCUT2D eigenvalue weighted by Gasteiger charge is 2.09. The molecule has 4 aromatic rings. The molecule has 0 radical (unpaired) electrons. The highest BCUT2D eigenvalue weighted by Crippen LogP contribution is 2.26. The zero-order valence-electron chi connectivity index (χ0n) is 17.3. The van der Waals surface area contributed by atoms with Gasteiger partial charge in [-0.05, 0) is 54.1 Å². The van der Waals surface area contributed by atoms with Crippen LogP contribution in [-0.4, -0.2) is 24.2 Å². The maximum Gasteiger partial charge on any atom is 0.149 e. The maximum absolute atomic E-state index is 9.60. The number of ether oxygens (including phenoxy) is 3. The molecule has 4 rings (SSSR count). The lowest BCUT2D eigenvalue weighted by Gasteiger charge is -2.12. The fourth-order valence-electron chi connectivity index (χ4n) is 3.22. The zero-order chi connectivity index (χ0) is 21.6. The molecule has 0 saturated carbocycles. The van der Waals surface area contributed by atoms with Crippen molar-refractivity contribution in [2.45, 2.75) is 6.61 Å². The molecular weight excluding hydrogens is 390 g/mol. The van der Waals surface area contributed by atoms with Gasteiger partial charge in [-0.1, -0.05) is 24.3 Å². The Labute approximate surface area is 180 Å². The van der Waals surface area contributed by atoms with E-state index in [0.29, 0.717) is 23.8 Å². The minimum Gasteiger partial charge on any atom is -0.497 e. The molecule has 0 aliphatic carbocycles. The van der Waals surface area contributed by atoms with E-state index in [4.69, 9.17) is 14.2 Å². The van der Waals surface area contributed by atoms with Crippen LogP contribution < -0.4 is 14.2 Å². The average molecular weight is 411 g/mol. The largest absolute Gasteiger partial charge is 0.497 e. The van der Waals surface area contributed by atoms with Crippen molar-refractivity contribution in [3.05, 3.63) is 83.7 Å². The number of nitrogens with one attached hydrogen (secondary N) is 1. The van der Waals surface area contributed by atoms with Crippen LogP contribution in [0.2, 0.25) is 0 Å². The van der Waals surface area contributed by atoms with Crippen LogP contribution in [0.15, 0.2) is 66.7 Å². The first-order valence-electron chi connectivity index (χ1n) is 9.71. The first-order chi connectivity index (χ1) is 15.2. The summed E-state index contributed by atoms with van der Waals surface area (Å²) in [5, 5.41) is 9.60. The Kier molecular flexibility index (Phi) is 5.86. The molecule has 0 aliphatic rings. The van der Waals surface area contributed by atoms with Gasteiger partial charge >= 0.3 is 0 Å². The predicted molar refractivity (Wildman–Crippen MR) is 120 cm³/mol. The van der Waals surface area contributed by atoms with E-state index in [0.717, 1.165) is 33.7 Å². The molecule has 6 heteroatoms. The highest BCUT2D eigenvalue weighted by atomic mass is 16.5. The molecule has 0 amide bonds. The van der Waals surface area contributed by atoms with Crippen LogP contribution in [-0.2, 0) is 6.61 Å². The fourth-order valence-corrected chi connectivity index (χ4v) is 3.22. The zero-order valence-corrected chi connectivity index (χ0v) is 17.3. The number of aromatic nitrogens is 2. The second kappa shape index (κ2) is 9.06. The summed E-state index contributed by atoms with van der Waals surface area (Å²) in [4.78, 5) is 7.69. The van der Waals surface area contributed by atoms with Gasteiger partial charge in [-0.15, -0.1) is 0 Å². The molecule has 1 aromatic heterocycles. The van der Waals surface area contributed by atoms with Crippen molar-refractivity contribution in [3.63, 3.8) is 0 Å². The number of para-hydroxylation sites is 2. The van der Waals surface area contributed by atoms with Gasteiger partial charge < -0.3 is 19.2 Å². The van der Waals surface area contributed by atoms with Crippen molar-refractivity contribution < 1.29 is 14.2 Å². The van der Waals surface area contributed by atoms with Crippen molar-refractivity contribution >= 4 is 22.7 Å². The number of nitriles is 1. The van der Waals surface area contributed by atoms with Crippen molar-refractivity contribution in [1.82, 2.24) is 9.97 Å². The van der Waals surface area contributed by atoms with Gasteiger partial charge in [0, 0.05) is 5.56 Å². The summed E-state index contributed by atoms with van der Waals surface area (Å²) in [7, 11) is 3.25. The third-order valence-corrected chi connectivity index (χ3v) is 4.84. The van der Waals surface area contributed by atoms with Gasteiger partial charge in [0.15, 0.2) is 0 Å². The maximum atomic E-state index is 9.60. The molecule has 0 spiro atoms. The average Bonchev–Trinajstić information content (AvgIpc) is 3.25. The molecule has 1 N–H and O–H groups in total. The van der Waals surface area contributed by atoms with Crippen LogP contribution in [0.1, 0.15) is 17.0 Å². The lowest BCUT2D eigenvalue weighted by Crippen LogP contribution is -1.99. The summed E-state index contributed by atoms with van der Waals surface area (Å²) in [6.07, 6.45) is 1.80. The number of nitrogens with zero attached hydrogens (tertiary/aromatic N) is 2. The summed E-state index contributed by atoms with van der Waals surface area (Å²) in [5.41, 5.74) is 3.96. The second-order valence-electron chi connectivity index (χ2n) is 6.81. The van der Waals surface area contributed by atoms with Gasteiger partial charge in [0.1, 0.15) is 35.7 Å².